The molecule has 0 saturated heterocycles. The minimum Gasteiger partial charge on any atom is -0.394 e. The van der Waals surface area contributed by atoms with Crippen LogP contribution in [0.4, 0.5) is 5.69 Å². The fourth-order valence-electron chi connectivity index (χ4n) is 5.54. The van der Waals surface area contributed by atoms with Crippen molar-refractivity contribution in [2.45, 2.75) is 50.5 Å². The van der Waals surface area contributed by atoms with Gasteiger partial charge in [-0.3, -0.25) is 28.8 Å². The van der Waals surface area contributed by atoms with Crippen LogP contribution in [0, 0.1) is 0 Å². The molecule has 270 valence electrons. The van der Waals surface area contributed by atoms with Gasteiger partial charge in [0.1, 0.15) is 29.9 Å². The standard InChI is InChI=1S/C37H39N7O8/c1-20-32(47)44-31(21(2)46)37(52)42-29(17-23-18-38-26-14-8-6-12-24(23)26)35(50)40-27-15-9-7-13-25(27)33(48)43-30(19-45)36(51)41-28(34(49)39-20)16-22-10-4-3-5-11-22/h3-15,17-18,20-21,28,30-31,38,45-46H,16,19H2,1-2H3,(H,39,49)(H,40,50)(H,41,51)(H,42,52)(H,43,48)(H,44,47)/b29-17+/t20-,21+,28+,30+,31-/m0/s1. The number of nitrogens with one attached hydrogen (secondary N) is 7. The summed E-state index contributed by atoms with van der Waals surface area (Å²) >= 11 is 0. The average molecular weight is 710 g/mol. The van der Waals surface area contributed by atoms with Crippen LogP contribution in [0.5, 0.6) is 0 Å². The molecule has 6 amide bonds. The number of aromatic amines is 1. The van der Waals surface area contributed by atoms with E-state index in [4.69, 9.17) is 0 Å². The van der Waals surface area contributed by atoms with E-state index in [2.05, 4.69) is 36.9 Å². The summed E-state index contributed by atoms with van der Waals surface area (Å²) in [6.07, 6.45) is 1.54. The molecule has 5 atom stereocenters. The van der Waals surface area contributed by atoms with E-state index >= 15 is 0 Å². The maximum atomic E-state index is 13.9. The molecule has 1 aliphatic rings. The molecule has 0 bridgehead atoms. The summed E-state index contributed by atoms with van der Waals surface area (Å²) in [5.41, 5.74) is 1.53. The van der Waals surface area contributed by atoms with E-state index in [0.29, 0.717) is 11.1 Å². The van der Waals surface area contributed by atoms with Gasteiger partial charge in [0.15, 0.2) is 0 Å². The predicted octanol–water partition coefficient (Wildman–Crippen LogP) is 0.466. The topological polar surface area (TPSA) is 231 Å². The first kappa shape index (κ1) is 36.9. The molecule has 15 nitrogen and oxygen atoms in total. The molecule has 1 aliphatic heterocycles. The highest BCUT2D eigenvalue weighted by atomic mass is 16.3. The molecule has 0 fully saturated rings. The molecule has 0 saturated carbocycles. The smallest absolute Gasteiger partial charge is 0.272 e. The lowest BCUT2D eigenvalue weighted by atomic mass is 10.0. The zero-order chi connectivity index (χ0) is 37.4. The number of fused-ring (bicyclic) bond motifs is 2. The zero-order valence-corrected chi connectivity index (χ0v) is 28.3. The second kappa shape index (κ2) is 16.6. The summed E-state index contributed by atoms with van der Waals surface area (Å²) in [5, 5.41) is 36.5. The molecule has 3 aromatic carbocycles. The Hall–Kier alpha value is -6.32. The Morgan fingerprint density at radius 1 is 0.712 bits per heavy atom. The first-order chi connectivity index (χ1) is 24.9. The lowest BCUT2D eigenvalue weighted by Gasteiger charge is -2.25. The molecule has 0 radical (unpaired) electrons. The van der Waals surface area contributed by atoms with E-state index in [1.54, 1.807) is 54.7 Å². The highest BCUT2D eigenvalue weighted by Crippen LogP contribution is 2.22. The first-order valence-corrected chi connectivity index (χ1v) is 16.5. The van der Waals surface area contributed by atoms with Crippen LogP contribution in [0.1, 0.15) is 35.3 Å². The third kappa shape index (κ3) is 8.88. The van der Waals surface area contributed by atoms with Gasteiger partial charge in [-0.2, -0.15) is 0 Å². The number of carbonyl (C=O) groups is 6. The number of rotatable bonds is 5. The van der Waals surface area contributed by atoms with Crippen molar-refractivity contribution in [1.29, 1.82) is 0 Å². The number of hydrogen-bond donors (Lipinski definition) is 9. The molecule has 15 heteroatoms. The molecule has 0 spiro atoms. The molecular weight excluding hydrogens is 670 g/mol. The van der Waals surface area contributed by atoms with Crippen molar-refractivity contribution in [2.75, 3.05) is 11.9 Å². The van der Waals surface area contributed by atoms with E-state index in [-0.39, 0.29) is 23.4 Å². The summed E-state index contributed by atoms with van der Waals surface area (Å²) in [6, 6.07) is 16.2. The fourth-order valence-corrected chi connectivity index (χ4v) is 5.54. The summed E-state index contributed by atoms with van der Waals surface area (Å²) < 4.78 is 0. The minimum atomic E-state index is -1.59. The molecule has 4 aromatic rings. The quantitative estimate of drug-likeness (QED) is 0.132. The Morgan fingerprint density at radius 3 is 2.12 bits per heavy atom. The van der Waals surface area contributed by atoms with Crippen molar-refractivity contribution in [3.05, 3.63) is 107 Å². The Balaban J connectivity index is 1.55. The van der Waals surface area contributed by atoms with Crippen molar-refractivity contribution in [1.82, 2.24) is 31.6 Å². The number of carbonyl (C=O) groups excluding carboxylic acids is 6. The molecule has 0 aliphatic carbocycles. The van der Waals surface area contributed by atoms with E-state index in [1.807, 2.05) is 12.1 Å². The van der Waals surface area contributed by atoms with Gasteiger partial charge in [-0.25, -0.2) is 0 Å². The van der Waals surface area contributed by atoms with Gasteiger partial charge in [-0.1, -0.05) is 60.7 Å². The van der Waals surface area contributed by atoms with Crippen LogP contribution >= 0.6 is 0 Å². The molecule has 1 aromatic heterocycles. The van der Waals surface area contributed by atoms with Crippen LogP contribution in [0.15, 0.2) is 90.8 Å². The largest absolute Gasteiger partial charge is 0.394 e. The number of hydrogen-bond acceptors (Lipinski definition) is 8. The summed E-state index contributed by atoms with van der Waals surface area (Å²) in [5.74, 6) is -5.17. The number of aliphatic hydroxyl groups is 2. The highest BCUT2D eigenvalue weighted by molar-refractivity contribution is 6.13. The third-order valence-corrected chi connectivity index (χ3v) is 8.38. The molecule has 52 heavy (non-hydrogen) atoms. The molecule has 0 unspecified atom stereocenters. The van der Waals surface area contributed by atoms with Crippen LogP contribution in [-0.2, 0) is 30.4 Å². The first-order valence-electron chi connectivity index (χ1n) is 16.5. The fraction of sp³-hybridized carbons (Fsp3) is 0.243. The van der Waals surface area contributed by atoms with E-state index in [0.717, 1.165) is 10.9 Å². The van der Waals surface area contributed by atoms with E-state index < -0.39 is 72.3 Å². The maximum absolute atomic E-state index is 13.9. The van der Waals surface area contributed by atoms with Crippen LogP contribution in [0.3, 0.4) is 0 Å². The van der Waals surface area contributed by atoms with E-state index in [1.165, 1.54) is 38.1 Å². The Bertz CT molecular complexity index is 2010. The molecule has 9 N–H and O–H groups in total. The maximum Gasteiger partial charge on any atom is 0.272 e. The second-order valence-corrected chi connectivity index (χ2v) is 12.3. The number of aliphatic hydroxyl groups excluding tert-OH is 2. The van der Waals surface area contributed by atoms with Crippen LogP contribution in [-0.4, -0.2) is 87.5 Å². The Morgan fingerprint density at radius 2 is 1.38 bits per heavy atom. The van der Waals surface area contributed by atoms with Crippen molar-refractivity contribution in [2.24, 2.45) is 0 Å². The van der Waals surface area contributed by atoms with Gasteiger partial charge in [-0.15, -0.1) is 0 Å². The number of para-hydroxylation sites is 2. The number of benzene rings is 3. The average Bonchev–Trinajstić information content (AvgIpc) is 3.54. The SMILES string of the molecule is C[C@@H]1NC(=O)[C@@H](Cc2ccccc2)NC(=O)[C@@H](CO)NC(=O)c2ccccc2NC(=O)/C(=C\c2c[nH]c3ccccc23)NC(=O)[C@H]([C@@H](C)O)NC1=O. The van der Waals surface area contributed by atoms with Gasteiger partial charge in [0.25, 0.3) is 11.8 Å². The Kier molecular flexibility index (Phi) is 11.8. The highest BCUT2D eigenvalue weighted by Gasteiger charge is 2.33. The van der Waals surface area contributed by atoms with Gasteiger partial charge in [0.2, 0.25) is 23.6 Å². The number of H-pyrrole nitrogens is 1. The molecule has 2 heterocycles. The summed E-state index contributed by atoms with van der Waals surface area (Å²) in [7, 11) is 0. The van der Waals surface area contributed by atoms with Crippen molar-refractivity contribution in [3.8, 4) is 0 Å². The number of amides is 6. The van der Waals surface area contributed by atoms with Crippen molar-refractivity contribution < 1.29 is 39.0 Å². The molecule has 5 rings (SSSR count). The Labute approximate surface area is 298 Å². The zero-order valence-electron chi connectivity index (χ0n) is 28.3. The van der Waals surface area contributed by atoms with Gasteiger partial charge in [0, 0.05) is 29.1 Å². The number of aromatic nitrogens is 1. The number of anilines is 1. The lowest BCUT2D eigenvalue weighted by Crippen LogP contribution is -2.59. The second-order valence-electron chi connectivity index (χ2n) is 12.3. The van der Waals surface area contributed by atoms with Crippen molar-refractivity contribution >= 4 is 58.1 Å². The summed E-state index contributed by atoms with van der Waals surface area (Å²) in [4.78, 5) is 84.5. The monoisotopic (exact) mass is 709 g/mol. The normalized spacial score (nSPS) is 22.3. The van der Waals surface area contributed by atoms with E-state index in [9.17, 15) is 39.0 Å². The molecular formula is C37H39N7O8. The van der Waals surface area contributed by atoms with Gasteiger partial charge < -0.3 is 47.1 Å². The lowest BCUT2D eigenvalue weighted by molar-refractivity contribution is -0.134. The van der Waals surface area contributed by atoms with Crippen LogP contribution in [0.2, 0.25) is 0 Å². The summed E-state index contributed by atoms with van der Waals surface area (Å²) in [6.45, 7) is 1.77. The van der Waals surface area contributed by atoms with Gasteiger partial charge in [-0.05, 0) is 43.7 Å². The van der Waals surface area contributed by atoms with Gasteiger partial charge >= 0.3 is 0 Å². The van der Waals surface area contributed by atoms with Crippen LogP contribution in [0.25, 0.3) is 17.0 Å². The predicted molar refractivity (Wildman–Crippen MR) is 191 cm³/mol. The van der Waals surface area contributed by atoms with Crippen molar-refractivity contribution in [3.63, 3.8) is 0 Å². The minimum absolute atomic E-state index is 0.00498. The van der Waals surface area contributed by atoms with Crippen LogP contribution < -0.4 is 31.9 Å². The van der Waals surface area contributed by atoms with Gasteiger partial charge in [0.05, 0.1) is 24.0 Å². The third-order valence-electron chi connectivity index (χ3n) is 8.38.